The van der Waals surface area contributed by atoms with Crippen molar-refractivity contribution in [1.82, 2.24) is 19.1 Å². The number of hydrogen-bond acceptors (Lipinski definition) is 2. The fourth-order valence-corrected chi connectivity index (χ4v) is 9.44. The number of fused-ring (bicyclic) bond motifs is 11. The molecule has 0 unspecified atom stereocenters. The molecular formula is C51H34N4. The second kappa shape index (κ2) is 11.0. The zero-order valence-corrected chi connectivity index (χ0v) is 30.5. The standard InChI is InChI=1S/C51H34N4/c1-51(2)41-20-10-8-18-35(41)36-25-24-33(27-42(36)51)49-50(53-44-22-12-11-21-43(44)52-49)55-46-28-32-15-7-6-14-31(32)26-38(46)40-29-39-37-19-9-13-23-45(37)54(47(39)30-48(40)55)34-16-4-3-5-17-34/h3-30H,1-2H3. The van der Waals surface area contributed by atoms with E-state index >= 15 is 0 Å². The van der Waals surface area contributed by atoms with E-state index in [1.807, 2.05) is 0 Å². The Kier molecular flexibility index (Phi) is 6.09. The van der Waals surface area contributed by atoms with Crippen LogP contribution in [0, 0.1) is 0 Å². The summed E-state index contributed by atoms with van der Waals surface area (Å²) in [5.41, 5.74) is 14.5. The quantitative estimate of drug-likeness (QED) is 0.184. The highest BCUT2D eigenvalue weighted by molar-refractivity contribution is 6.21. The Balaban J connectivity index is 1.23. The first kappa shape index (κ1) is 30.4. The van der Waals surface area contributed by atoms with Gasteiger partial charge in [0.05, 0.1) is 33.1 Å². The summed E-state index contributed by atoms with van der Waals surface area (Å²) in [6, 6.07) is 61.6. The molecule has 1 aliphatic rings. The molecule has 0 saturated heterocycles. The van der Waals surface area contributed by atoms with Crippen molar-refractivity contribution in [2.75, 3.05) is 0 Å². The fraction of sp³-hybridized carbons (Fsp3) is 0.0588. The minimum absolute atomic E-state index is 0.144. The third kappa shape index (κ3) is 4.22. The molecule has 0 amide bonds. The van der Waals surface area contributed by atoms with Gasteiger partial charge in [0.15, 0.2) is 5.82 Å². The molecule has 0 atom stereocenters. The van der Waals surface area contributed by atoms with Crippen molar-refractivity contribution in [3.05, 3.63) is 181 Å². The summed E-state index contributed by atoms with van der Waals surface area (Å²) >= 11 is 0. The molecule has 55 heavy (non-hydrogen) atoms. The van der Waals surface area contributed by atoms with Crippen LogP contribution in [0.3, 0.4) is 0 Å². The first-order chi connectivity index (χ1) is 27.0. The average Bonchev–Trinajstić information content (AvgIpc) is 3.80. The Morgan fingerprint density at radius 2 is 1.04 bits per heavy atom. The Labute approximate surface area is 317 Å². The highest BCUT2D eigenvalue weighted by atomic mass is 15.1. The van der Waals surface area contributed by atoms with Crippen LogP contribution < -0.4 is 0 Å². The van der Waals surface area contributed by atoms with E-state index < -0.39 is 0 Å². The van der Waals surface area contributed by atoms with Crippen LogP contribution in [0.15, 0.2) is 170 Å². The SMILES string of the molecule is CC1(C)c2ccccc2-c2ccc(-c3nc4ccccc4nc3-n3c4cc5ccccc5cc4c4cc5c6ccccc6n(-c6ccccc6)c5cc43)cc21. The van der Waals surface area contributed by atoms with Crippen LogP contribution in [0.5, 0.6) is 0 Å². The number of nitrogens with zero attached hydrogens (tertiary/aromatic N) is 4. The van der Waals surface area contributed by atoms with Crippen LogP contribution in [0.4, 0.5) is 0 Å². The smallest absolute Gasteiger partial charge is 0.165 e. The summed E-state index contributed by atoms with van der Waals surface area (Å²) in [4.78, 5) is 11.0. The number of aromatic nitrogens is 4. The molecule has 0 N–H and O–H groups in total. The lowest BCUT2D eigenvalue weighted by atomic mass is 9.82. The van der Waals surface area contributed by atoms with Crippen LogP contribution in [0.2, 0.25) is 0 Å². The second-order valence-corrected chi connectivity index (χ2v) is 15.4. The normalized spacial score (nSPS) is 13.4. The highest BCUT2D eigenvalue weighted by Crippen LogP contribution is 2.50. The lowest BCUT2D eigenvalue weighted by molar-refractivity contribution is 0.660. The van der Waals surface area contributed by atoms with Crippen LogP contribution in [-0.4, -0.2) is 19.1 Å². The van der Waals surface area contributed by atoms with E-state index in [1.165, 1.54) is 60.1 Å². The van der Waals surface area contributed by atoms with E-state index in [9.17, 15) is 0 Å². The summed E-state index contributed by atoms with van der Waals surface area (Å²) in [7, 11) is 0. The van der Waals surface area contributed by atoms with Crippen molar-refractivity contribution in [2.45, 2.75) is 19.3 Å². The zero-order valence-electron chi connectivity index (χ0n) is 30.5. The third-order valence-corrected chi connectivity index (χ3v) is 12.1. The van der Waals surface area contributed by atoms with Gasteiger partial charge in [-0.15, -0.1) is 0 Å². The predicted octanol–water partition coefficient (Wildman–Crippen LogP) is 13.0. The van der Waals surface area contributed by atoms with E-state index in [0.29, 0.717) is 0 Å². The van der Waals surface area contributed by atoms with Gasteiger partial charge in [-0.1, -0.05) is 123 Å². The van der Waals surface area contributed by atoms with Gasteiger partial charge in [-0.3, -0.25) is 4.57 Å². The molecule has 3 aromatic heterocycles. The van der Waals surface area contributed by atoms with E-state index in [-0.39, 0.29) is 5.41 Å². The minimum atomic E-state index is -0.144. The van der Waals surface area contributed by atoms with Gasteiger partial charge < -0.3 is 4.57 Å². The summed E-state index contributed by atoms with van der Waals surface area (Å²) < 4.78 is 4.78. The molecule has 0 aliphatic heterocycles. The molecule has 12 rings (SSSR count). The second-order valence-electron chi connectivity index (χ2n) is 15.4. The maximum absolute atomic E-state index is 5.54. The summed E-state index contributed by atoms with van der Waals surface area (Å²) in [5.74, 6) is 0.823. The van der Waals surface area contributed by atoms with Crippen molar-refractivity contribution >= 4 is 65.4 Å². The fourth-order valence-electron chi connectivity index (χ4n) is 9.44. The van der Waals surface area contributed by atoms with E-state index in [2.05, 4.69) is 193 Å². The topological polar surface area (TPSA) is 35.6 Å². The molecule has 0 bridgehead atoms. The van der Waals surface area contributed by atoms with Gasteiger partial charge in [-0.25, -0.2) is 9.97 Å². The first-order valence-corrected chi connectivity index (χ1v) is 19.0. The minimum Gasteiger partial charge on any atom is -0.309 e. The molecule has 0 radical (unpaired) electrons. The van der Waals surface area contributed by atoms with Crippen LogP contribution in [-0.2, 0) is 5.41 Å². The number of benzene rings is 8. The number of hydrogen-bond donors (Lipinski definition) is 0. The molecule has 0 saturated carbocycles. The van der Waals surface area contributed by atoms with Crippen LogP contribution >= 0.6 is 0 Å². The lowest BCUT2D eigenvalue weighted by Gasteiger charge is -2.22. The molecular weight excluding hydrogens is 669 g/mol. The Morgan fingerprint density at radius 3 is 1.89 bits per heavy atom. The Morgan fingerprint density at radius 1 is 0.418 bits per heavy atom. The Bertz CT molecular complexity index is 3400. The van der Waals surface area contributed by atoms with Crippen LogP contribution in [0.1, 0.15) is 25.0 Å². The number of para-hydroxylation sites is 4. The molecule has 8 aromatic carbocycles. The molecule has 1 aliphatic carbocycles. The average molecular weight is 703 g/mol. The van der Waals surface area contributed by atoms with Gasteiger partial charge in [0.2, 0.25) is 0 Å². The van der Waals surface area contributed by atoms with Crippen molar-refractivity contribution < 1.29 is 0 Å². The van der Waals surface area contributed by atoms with Crippen molar-refractivity contribution in [1.29, 1.82) is 0 Å². The summed E-state index contributed by atoms with van der Waals surface area (Å²) in [6.07, 6.45) is 0. The van der Waals surface area contributed by atoms with Crippen molar-refractivity contribution in [3.8, 4) is 33.9 Å². The zero-order chi connectivity index (χ0) is 36.4. The third-order valence-electron chi connectivity index (χ3n) is 12.1. The van der Waals surface area contributed by atoms with Gasteiger partial charge in [0, 0.05) is 38.2 Å². The molecule has 258 valence electrons. The predicted molar refractivity (Wildman–Crippen MR) is 229 cm³/mol. The number of rotatable bonds is 3. The largest absolute Gasteiger partial charge is 0.309 e. The Hall–Kier alpha value is -7.04. The molecule has 3 heterocycles. The van der Waals surface area contributed by atoms with Crippen molar-refractivity contribution in [3.63, 3.8) is 0 Å². The maximum atomic E-state index is 5.54. The van der Waals surface area contributed by atoms with Gasteiger partial charge in [0.25, 0.3) is 0 Å². The van der Waals surface area contributed by atoms with Crippen LogP contribution in [0.25, 0.3) is 99.3 Å². The van der Waals surface area contributed by atoms with Gasteiger partial charge in [-0.05, 0) is 93.7 Å². The molecule has 11 aromatic rings. The van der Waals surface area contributed by atoms with E-state index in [4.69, 9.17) is 9.97 Å². The molecule has 0 fully saturated rings. The molecule has 0 spiro atoms. The monoisotopic (exact) mass is 702 g/mol. The maximum Gasteiger partial charge on any atom is 0.165 e. The van der Waals surface area contributed by atoms with E-state index in [0.717, 1.165) is 50.3 Å². The summed E-state index contributed by atoms with van der Waals surface area (Å²) in [5, 5.41) is 7.25. The van der Waals surface area contributed by atoms with Gasteiger partial charge in [-0.2, -0.15) is 0 Å². The van der Waals surface area contributed by atoms with E-state index in [1.54, 1.807) is 0 Å². The highest BCUT2D eigenvalue weighted by Gasteiger charge is 2.35. The van der Waals surface area contributed by atoms with Crippen molar-refractivity contribution in [2.24, 2.45) is 0 Å². The van der Waals surface area contributed by atoms with Gasteiger partial charge in [0.1, 0.15) is 5.69 Å². The molecule has 4 heteroatoms. The lowest BCUT2D eigenvalue weighted by Crippen LogP contribution is -2.15. The first-order valence-electron chi connectivity index (χ1n) is 19.0. The summed E-state index contributed by atoms with van der Waals surface area (Å²) in [6.45, 7) is 4.67. The van der Waals surface area contributed by atoms with Gasteiger partial charge >= 0.3 is 0 Å². The molecule has 4 nitrogen and oxygen atoms in total.